The first-order chi connectivity index (χ1) is 8.85. The van der Waals surface area contributed by atoms with Crippen LogP contribution in [0.15, 0.2) is 24.3 Å². The number of rotatable bonds is 6. The number of benzene rings is 1. The van der Waals surface area contributed by atoms with Gasteiger partial charge in [0.2, 0.25) is 0 Å². The zero-order valence-corrected chi connectivity index (χ0v) is 11.5. The van der Waals surface area contributed by atoms with Crippen LogP contribution in [0.1, 0.15) is 20.3 Å². The van der Waals surface area contributed by atoms with Crippen LogP contribution in [0.25, 0.3) is 11.3 Å². The van der Waals surface area contributed by atoms with Crippen LogP contribution < -0.4 is 10.1 Å². The molecule has 0 aliphatic rings. The van der Waals surface area contributed by atoms with Crippen LogP contribution >= 0.6 is 11.7 Å². The van der Waals surface area contributed by atoms with E-state index in [-0.39, 0.29) is 0 Å². The van der Waals surface area contributed by atoms with E-state index in [1.165, 1.54) is 11.7 Å². The lowest BCUT2D eigenvalue weighted by Crippen LogP contribution is -2.01. The van der Waals surface area contributed by atoms with Crippen LogP contribution in [0.5, 0.6) is 5.75 Å². The molecule has 0 fully saturated rings. The third-order valence-corrected chi connectivity index (χ3v) is 2.98. The normalized spacial score (nSPS) is 10.3. The molecule has 0 saturated heterocycles. The van der Waals surface area contributed by atoms with Crippen molar-refractivity contribution in [2.75, 3.05) is 18.5 Å². The van der Waals surface area contributed by atoms with Gasteiger partial charge in [0, 0.05) is 12.1 Å². The summed E-state index contributed by atoms with van der Waals surface area (Å²) in [5, 5.41) is 3.29. The minimum atomic E-state index is 0.666. The van der Waals surface area contributed by atoms with E-state index < -0.39 is 0 Å². The van der Waals surface area contributed by atoms with Crippen molar-refractivity contribution in [3.8, 4) is 17.0 Å². The maximum absolute atomic E-state index is 5.50. The highest BCUT2D eigenvalue weighted by atomic mass is 32.1. The quantitative estimate of drug-likeness (QED) is 0.867. The molecule has 96 valence electrons. The zero-order chi connectivity index (χ0) is 12.8. The number of ether oxygens (including phenoxy) is 1. The molecule has 0 saturated carbocycles. The van der Waals surface area contributed by atoms with Crippen LogP contribution in [0.3, 0.4) is 0 Å². The van der Waals surface area contributed by atoms with E-state index in [0.717, 1.165) is 35.8 Å². The van der Waals surface area contributed by atoms with Gasteiger partial charge in [-0.1, -0.05) is 19.1 Å². The topological polar surface area (TPSA) is 47.0 Å². The van der Waals surface area contributed by atoms with Gasteiger partial charge in [-0.15, -0.1) is 0 Å². The van der Waals surface area contributed by atoms with Gasteiger partial charge < -0.3 is 10.1 Å². The standard InChI is InChI=1S/C13H17N3OS/c1-3-8-14-13-12(15-18-16-13)10-6-5-7-11(9-10)17-4-2/h5-7,9H,3-4,8H2,1-2H3,(H,14,16). The Bertz CT molecular complexity index is 498. The molecule has 0 spiro atoms. The summed E-state index contributed by atoms with van der Waals surface area (Å²) >= 11 is 1.23. The van der Waals surface area contributed by atoms with E-state index in [9.17, 15) is 0 Å². The molecule has 1 N–H and O–H groups in total. The lowest BCUT2D eigenvalue weighted by molar-refractivity contribution is 0.340. The van der Waals surface area contributed by atoms with Gasteiger partial charge in [0.25, 0.3) is 0 Å². The Kier molecular flexibility index (Phi) is 4.52. The Balaban J connectivity index is 2.24. The van der Waals surface area contributed by atoms with Crippen LogP contribution in [0.4, 0.5) is 5.82 Å². The highest BCUT2D eigenvalue weighted by Crippen LogP contribution is 2.28. The molecule has 0 radical (unpaired) electrons. The van der Waals surface area contributed by atoms with Gasteiger partial charge in [0.15, 0.2) is 5.82 Å². The molecule has 2 rings (SSSR count). The molecule has 0 aliphatic carbocycles. The number of nitrogens with one attached hydrogen (secondary N) is 1. The first kappa shape index (κ1) is 12.8. The van der Waals surface area contributed by atoms with E-state index >= 15 is 0 Å². The largest absolute Gasteiger partial charge is 0.494 e. The van der Waals surface area contributed by atoms with Gasteiger partial charge in [-0.05, 0) is 25.5 Å². The molecule has 2 aromatic rings. The summed E-state index contributed by atoms with van der Waals surface area (Å²) in [5.74, 6) is 1.72. The van der Waals surface area contributed by atoms with Gasteiger partial charge in [-0.3, -0.25) is 0 Å². The summed E-state index contributed by atoms with van der Waals surface area (Å²) in [6.45, 7) is 5.68. The minimum Gasteiger partial charge on any atom is -0.494 e. The molecule has 18 heavy (non-hydrogen) atoms. The summed E-state index contributed by atoms with van der Waals surface area (Å²) in [7, 11) is 0. The smallest absolute Gasteiger partial charge is 0.168 e. The Labute approximate surface area is 111 Å². The molecule has 0 amide bonds. The predicted octanol–water partition coefficient (Wildman–Crippen LogP) is 3.43. The first-order valence-electron chi connectivity index (χ1n) is 6.14. The van der Waals surface area contributed by atoms with Crippen LogP contribution in [-0.4, -0.2) is 21.9 Å². The Morgan fingerprint density at radius 3 is 2.94 bits per heavy atom. The number of hydrogen-bond donors (Lipinski definition) is 1. The second-order valence-corrected chi connectivity index (χ2v) is 4.38. The molecule has 1 aromatic heterocycles. The maximum atomic E-state index is 5.50. The lowest BCUT2D eigenvalue weighted by Gasteiger charge is -2.06. The molecule has 0 aliphatic heterocycles. The Morgan fingerprint density at radius 2 is 2.17 bits per heavy atom. The number of anilines is 1. The number of aromatic nitrogens is 2. The SMILES string of the molecule is CCCNc1nsnc1-c1cccc(OCC)c1. The van der Waals surface area contributed by atoms with Gasteiger partial charge in [0.05, 0.1) is 18.3 Å². The van der Waals surface area contributed by atoms with Gasteiger partial charge in [-0.2, -0.15) is 8.75 Å². The molecule has 4 nitrogen and oxygen atoms in total. The van der Waals surface area contributed by atoms with Gasteiger partial charge in [0.1, 0.15) is 11.4 Å². The highest BCUT2D eigenvalue weighted by Gasteiger charge is 2.10. The van der Waals surface area contributed by atoms with Crippen molar-refractivity contribution < 1.29 is 4.74 Å². The Morgan fingerprint density at radius 1 is 1.28 bits per heavy atom. The molecule has 0 atom stereocenters. The maximum Gasteiger partial charge on any atom is 0.168 e. The van der Waals surface area contributed by atoms with E-state index in [1.54, 1.807) is 0 Å². The number of nitrogens with zero attached hydrogens (tertiary/aromatic N) is 2. The first-order valence-corrected chi connectivity index (χ1v) is 6.87. The highest BCUT2D eigenvalue weighted by molar-refractivity contribution is 6.99. The van der Waals surface area contributed by atoms with Gasteiger partial charge >= 0.3 is 0 Å². The molecular weight excluding hydrogens is 246 g/mol. The summed E-state index contributed by atoms with van der Waals surface area (Å²) in [4.78, 5) is 0. The predicted molar refractivity (Wildman–Crippen MR) is 75.3 cm³/mol. The second kappa shape index (κ2) is 6.35. The molecule has 1 heterocycles. The number of hydrogen-bond acceptors (Lipinski definition) is 5. The average molecular weight is 263 g/mol. The third kappa shape index (κ3) is 2.98. The fourth-order valence-electron chi connectivity index (χ4n) is 1.64. The fraction of sp³-hybridized carbons (Fsp3) is 0.385. The van der Waals surface area contributed by atoms with Crippen LogP contribution in [0, 0.1) is 0 Å². The zero-order valence-electron chi connectivity index (χ0n) is 10.6. The van der Waals surface area contributed by atoms with Crippen molar-refractivity contribution in [2.24, 2.45) is 0 Å². The summed E-state index contributed by atoms with van der Waals surface area (Å²) in [6, 6.07) is 7.95. The molecule has 0 bridgehead atoms. The molecule has 1 aromatic carbocycles. The molecule has 0 unspecified atom stereocenters. The molecular formula is C13H17N3OS. The average Bonchev–Trinajstić information content (AvgIpc) is 2.85. The van der Waals surface area contributed by atoms with E-state index in [2.05, 4.69) is 21.0 Å². The summed E-state index contributed by atoms with van der Waals surface area (Å²) in [6.07, 6.45) is 1.07. The van der Waals surface area contributed by atoms with Gasteiger partial charge in [-0.25, -0.2) is 0 Å². The third-order valence-electron chi connectivity index (χ3n) is 2.45. The summed E-state index contributed by atoms with van der Waals surface area (Å²) < 4.78 is 14.1. The fourth-order valence-corrected chi connectivity index (χ4v) is 2.18. The molecule has 5 heteroatoms. The minimum absolute atomic E-state index is 0.666. The van der Waals surface area contributed by atoms with Crippen molar-refractivity contribution in [3.63, 3.8) is 0 Å². The van der Waals surface area contributed by atoms with E-state index in [1.807, 2.05) is 31.2 Å². The van der Waals surface area contributed by atoms with Crippen molar-refractivity contribution in [2.45, 2.75) is 20.3 Å². The van der Waals surface area contributed by atoms with Crippen molar-refractivity contribution in [1.82, 2.24) is 8.75 Å². The van der Waals surface area contributed by atoms with Crippen molar-refractivity contribution >= 4 is 17.5 Å². The van der Waals surface area contributed by atoms with Crippen LogP contribution in [-0.2, 0) is 0 Å². The van der Waals surface area contributed by atoms with E-state index in [4.69, 9.17) is 4.74 Å². The Hall–Kier alpha value is -1.62. The second-order valence-electron chi connectivity index (χ2n) is 3.85. The van der Waals surface area contributed by atoms with Crippen molar-refractivity contribution in [1.29, 1.82) is 0 Å². The van der Waals surface area contributed by atoms with E-state index in [0.29, 0.717) is 6.61 Å². The summed E-state index contributed by atoms with van der Waals surface area (Å²) in [5.41, 5.74) is 1.93. The van der Waals surface area contributed by atoms with Crippen LogP contribution in [0.2, 0.25) is 0 Å². The lowest BCUT2D eigenvalue weighted by atomic mass is 10.1. The van der Waals surface area contributed by atoms with Crippen molar-refractivity contribution in [3.05, 3.63) is 24.3 Å². The monoisotopic (exact) mass is 263 g/mol.